The lowest BCUT2D eigenvalue weighted by Crippen LogP contribution is -2.33. The third-order valence-corrected chi connectivity index (χ3v) is 3.59. The lowest BCUT2D eigenvalue weighted by Gasteiger charge is -2.15. The Bertz CT molecular complexity index is 794. The standard InChI is InChI=1S/C19H19NO5/c1-13(12-15(21)16-8-5-11-23-16)20-19(22)17-9-10-18(25-17)24-14-6-3-2-4-7-14/h2-11,13,15,21H,12H2,1H3,(H,20,22). The minimum absolute atomic E-state index is 0.144. The number of carbonyl (C=O) groups excluding carboxylic acids is 1. The first-order chi connectivity index (χ1) is 12.1. The van der Waals surface area contributed by atoms with Gasteiger partial charge in [0.05, 0.1) is 6.26 Å². The van der Waals surface area contributed by atoms with Crippen LogP contribution >= 0.6 is 0 Å². The second kappa shape index (κ2) is 7.72. The molecule has 3 aromatic rings. The first-order valence-corrected chi connectivity index (χ1v) is 7.97. The fraction of sp³-hybridized carbons (Fsp3) is 0.211. The molecule has 2 heterocycles. The summed E-state index contributed by atoms with van der Waals surface area (Å²) in [5.74, 6) is 1.10. The number of nitrogens with one attached hydrogen (secondary N) is 1. The van der Waals surface area contributed by atoms with E-state index >= 15 is 0 Å². The van der Waals surface area contributed by atoms with E-state index < -0.39 is 6.10 Å². The van der Waals surface area contributed by atoms with Crippen LogP contribution in [-0.4, -0.2) is 17.1 Å². The number of rotatable bonds is 7. The normalized spacial score (nSPS) is 13.2. The lowest BCUT2D eigenvalue weighted by molar-refractivity contribution is 0.0871. The average Bonchev–Trinajstić information content (AvgIpc) is 3.27. The van der Waals surface area contributed by atoms with Crippen molar-refractivity contribution >= 4 is 5.91 Å². The number of hydrogen-bond donors (Lipinski definition) is 2. The maximum absolute atomic E-state index is 12.2. The van der Waals surface area contributed by atoms with Gasteiger partial charge in [0.15, 0.2) is 5.76 Å². The molecule has 0 fully saturated rings. The van der Waals surface area contributed by atoms with Crippen molar-refractivity contribution in [2.45, 2.75) is 25.5 Å². The maximum Gasteiger partial charge on any atom is 0.290 e. The first-order valence-electron chi connectivity index (χ1n) is 7.97. The fourth-order valence-corrected chi connectivity index (χ4v) is 2.39. The third kappa shape index (κ3) is 4.51. The second-order valence-corrected chi connectivity index (χ2v) is 5.68. The van der Waals surface area contributed by atoms with E-state index in [0.29, 0.717) is 17.9 Å². The van der Waals surface area contributed by atoms with E-state index in [9.17, 15) is 9.90 Å². The van der Waals surface area contributed by atoms with Gasteiger partial charge in [0.25, 0.3) is 11.9 Å². The SMILES string of the molecule is CC(CC(O)c1ccco1)NC(=O)c1ccc(Oc2ccccc2)o1. The number of carbonyl (C=O) groups is 1. The van der Waals surface area contributed by atoms with Crippen LogP contribution in [-0.2, 0) is 0 Å². The Kier molecular flexibility index (Phi) is 5.20. The van der Waals surface area contributed by atoms with E-state index in [1.54, 1.807) is 43.3 Å². The van der Waals surface area contributed by atoms with Crippen molar-refractivity contribution in [3.05, 3.63) is 72.4 Å². The Morgan fingerprint density at radius 1 is 1.16 bits per heavy atom. The Hall–Kier alpha value is -2.99. The molecule has 0 saturated carbocycles. The second-order valence-electron chi connectivity index (χ2n) is 5.68. The molecule has 2 atom stereocenters. The number of para-hydroxylation sites is 1. The van der Waals surface area contributed by atoms with Crippen molar-refractivity contribution < 1.29 is 23.5 Å². The predicted molar refractivity (Wildman–Crippen MR) is 90.4 cm³/mol. The van der Waals surface area contributed by atoms with Crippen LogP contribution in [0.3, 0.4) is 0 Å². The van der Waals surface area contributed by atoms with Gasteiger partial charge in [-0.2, -0.15) is 0 Å². The Labute approximate surface area is 145 Å². The Balaban J connectivity index is 1.54. The maximum atomic E-state index is 12.2. The zero-order chi connectivity index (χ0) is 17.6. The molecule has 25 heavy (non-hydrogen) atoms. The van der Waals surface area contributed by atoms with E-state index in [-0.39, 0.29) is 23.7 Å². The highest BCUT2D eigenvalue weighted by Crippen LogP contribution is 2.24. The van der Waals surface area contributed by atoms with Gasteiger partial charge in [0.2, 0.25) is 0 Å². The zero-order valence-electron chi connectivity index (χ0n) is 13.7. The molecule has 2 aromatic heterocycles. The van der Waals surface area contributed by atoms with E-state index in [1.807, 2.05) is 18.2 Å². The summed E-state index contributed by atoms with van der Waals surface area (Å²) in [6.07, 6.45) is 1.05. The molecule has 0 aliphatic carbocycles. The van der Waals surface area contributed by atoms with E-state index in [1.165, 1.54) is 6.26 Å². The van der Waals surface area contributed by atoms with Crippen LogP contribution < -0.4 is 10.1 Å². The summed E-state index contributed by atoms with van der Waals surface area (Å²) in [7, 11) is 0. The van der Waals surface area contributed by atoms with Crippen LogP contribution in [0.1, 0.15) is 35.8 Å². The largest absolute Gasteiger partial charge is 0.467 e. The molecule has 6 heteroatoms. The van der Waals surface area contributed by atoms with Gasteiger partial charge in [-0.25, -0.2) is 0 Å². The number of amides is 1. The van der Waals surface area contributed by atoms with Gasteiger partial charge in [0, 0.05) is 18.5 Å². The van der Waals surface area contributed by atoms with Gasteiger partial charge in [-0.15, -0.1) is 0 Å². The van der Waals surface area contributed by atoms with Gasteiger partial charge < -0.3 is 24.0 Å². The fourth-order valence-electron chi connectivity index (χ4n) is 2.39. The van der Waals surface area contributed by atoms with Crippen molar-refractivity contribution in [1.29, 1.82) is 0 Å². The summed E-state index contributed by atoms with van der Waals surface area (Å²) < 4.78 is 16.1. The van der Waals surface area contributed by atoms with Crippen molar-refractivity contribution in [2.24, 2.45) is 0 Å². The number of hydrogen-bond acceptors (Lipinski definition) is 5. The Morgan fingerprint density at radius 3 is 2.68 bits per heavy atom. The van der Waals surface area contributed by atoms with Crippen LogP contribution in [0.2, 0.25) is 0 Å². The molecule has 0 radical (unpaired) electrons. The van der Waals surface area contributed by atoms with Crippen molar-refractivity contribution in [1.82, 2.24) is 5.32 Å². The molecular formula is C19H19NO5. The Morgan fingerprint density at radius 2 is 1.96 bits per heavy atom. The van der Waals surface area contributed by atoms with Crippen LogP contribution in [0.5, 0.6) is 11.7 Å². The van der Waals surface area contributed by atoms with Gasteiger partial charge in [-0.1, -0.05) is 18.2 Å². The molecule has 0 aliphatic rings. The van der Waals surface area contributed by atoms with E-state index in [0.717, 1.165) is 0 Å². The van der Waals surface area contributed by atoms with E-state index in [2.05, 4.69) is 5.32 Å². The summed E-state index contributed by atoms with van der Waals surface area (Å²) in [6.45, 7) is 1.80. The monoisotopic (exact) mass is 341 g/mol. The molecule has 3 rings (SSSR count). The highest BCUT2D eigenvalue weighted by atomic mass is 16.6. The number of benzene rings is 1. The van der Waals surface area contributed by atoms with E-state index in [4.69, 9.17) is 13.6 Å². The van der Waals surface area contributed by atoms with Crippen LogP contribution in [0.15, 0.2) is 69.7 Å². The van der Waals surface area contributed by atoms with Gasteiger partial charge in [-0.05, 0) is 37.3 Å². The highest BCUT2D eigenvalue weighted by molar-refractivity contribution is 5.91. The quantitative estimate of drug-likeness (QED) is 0.681. The summed E-state index contributed by atoms with van der Waals surface area (Å²) in [6, 6.07) is 15.4. The van der Waals surface area contributed by atoms with Gasteiger partial charge in [-0.3, -0.25) is 4.79 Å². The predicted octanol–water partition coefficient (Wildman–Crippen LogP) is 3.91. The lowest BCUT2D eigenvalue weighted by atomic mass is 10.1. The minimum Gasteiger partial charge on any atom is -0.467 e. The van der Waals surface area contributed by atoms with Crippen molar-refractivity contribution in [3.63, 3.8) is 0 Å². The number of aliphatic hydroxyl groups is 1. The van der Waals surface area contributed by atoms with Crippen molar-refractivity contribution in [3.8, 4) is 11.7 Å². The topological polar surface area (TPSA) is 84.8 Å². The number of aliphatic hydroxyl groups excluding tert-OH is 1. The molecule has 130 valence electrons. The summed E-state index contributed by atoms with van der Waals surface area (Å²) in [5, 5.41) is 12.8. The molecule has 2 N–H and O–H groups in total. The smallest absolute Gasteiger partial charge is 0.290 e. The molecule has 0 saturated heterocycles. The number of ether oxygens (including phenoxy) is 1. The highest BCUT2D eigenvalue weighted by Gasteiger charge is 2.19. The molecule has 0 spiro atoms. The summed E-state index contributed by atoms with van der Waals surface area (Å²) in [4.78, 5) is 12.2. The number of furan rings is 2. The van der Waals surface area contributed by atoms with Crippen LogP contribution in [0, 0.1) is 0 Å². The third-order valence-electron chi connectivity index (χ3n) is 3.59. The molecule has 0 bridgehead atoms. The molecule has 1 aromatic carbocycles. The van der Waals surface area contributed by atoms with Gasteiger partial charge >= 0.3 is 0 Å². The molecule has 2 unspecified atom stereocenters. The van der Waals surface area contributed by atoms with Gasteiger partial charge in [0.1, 0.15) is 17.6 Å². The first kappa shape index (κ1) is 16.9. The van der Waals surface area contributed by atoms with Crippen LogP contribution in [0.4, 0.5) is 0 Å². The average molecular weight is 341 g/mol. The minimum atomic E-state index is -0.779. The molecule has 6 nitrogen and oxygen atoms in total. The van der Waals surface area contributed by atoms with Crippen molar-refractivity contribution in [2.75, 3.05) is 0 Å². The van der Waals surface area contributed by atoms with Crippen LogP contribution in [0.25, 0.3) is 0 Å². The zero-order valence-corrected chi connectivity index (χ0v) is 13.7. The summed E-state index contributed by atoms with van der Waals surface area (Å²) >= 11 is 0. The molecule has 1 amide bonds. The summed E-state index contributed by atoms with van der Waals surface area (Å²) in [5.41, 5.74) is 0. The molecule has 0 aliphatic heterocycles. The molecular weight excluding hydrogens is 322 g/mol.